The molecule has 2 aliphatic carbocycles. The Bertz CT molecular complexity index is 454. The van der Waals surface area contributed by atoms with Gasteiger partial charge in [-0.1, -0.05) is 11.6 Å². The fourth-order valence-corrected chi connectivity index (χ4v) is 6.02. The minimum Gasteiger partial charge on any atom is -0.481 e. The summed E-state index contributed by atoms with van der Waals surface area (Å²) in [5, 5.41) is 18.9. The number of allylic oxidation sites excluding steroid dienone is 2. The first kappa shape index (κ1) is 19.6. The lowest BCUT2D eigenvalue weighted by molar-refractivity contribution is -0.144. The SMILES string of the molecule is CO[Si](CO)(CCCOCCC1C2CC(C=C2C)C1C(=O)O)OC. The van der Waals surface area contributed by atoms with E-state index in [-0.39, 0.29) is 24.0 Å². The van der Waals surface area contributed by atoms with Crippen molar-refractivity contribution in [3.8, 4) is 0 Å². The van der Waals surface area contributed by atoms with Crippen molar-refractivity contribution in [2.24, 2.45) is 23.7 Å². The zero-order valence-electron chi connectivity index (χ0n) is 14.9. The molecule has 24 heavy (non-hydrogen) atoms. The highest BCUT2D eigenvalue weighted by Gasteiger charge is 2.49. The maximum atomic E-state index is 11.5. The van der Waals surface area contributed by atoms with Crippen LogP contribution in [0.4, 0.5) is 0 Å². The summed E-state index contributed by atoms with van der Waals surface area (Å²) in [6.45, 7) is 3.28. The summed E-state index contributed by atoms with van der Waals surface area (Å²) in [6, 6.07) is 0.685. The minimum absolute atomic E-state index is 0.0585. The van der Waals surface area contributed by atoms with Gasteiger partial charge < -0.3 is 23.8 Å². The summed E-state index contributed by atoms with van der Waals surface area (Å²) < 4.78 is 16.4. The van der Waals surface area contributed by atoms with Crippen molar-refractivity contribution in [2.45, 2.75) is 32.2 Å². The molecule has 0 aromatic carbocycles. The fourth-order valence-electron chi connectivity index (χ4n) is 4.35. The van der Waals surface area contributed by atoms with Crippen LogP contribution in [0.1, 0.15) is 26.2 Å². The fraction of sp³-hybridized carbons (Fsp3) is 0.824. The van der Waals surface area contributed by atoms with Gasteiger partial charge in [0.15, 0.2) is 0 Å². The second-order valence-corrected chi connectivity index (χ2v) is 10.4. The van der Waals surface area contributed by atoms with Gasteiger partial charge in [0.05, 0.1) is 12.1 Å². The molecule has 4 atom stereocenters. The molecular formula is C17H30O6Si. The normalized spacial score (nSPS) is 29.1. The van der Waals surface area contributed by atoms with Crippen LogP contribution in [0, 0.1) is 23.7 Å². The molecule has 138 valence electrons. The lowest BCUT2D eigenvalue weighted by atomic mass is 9.78. The molecule has 0 aromatic rings. The lowest BCUT2D eigenvalue weighted by Gasteiger charge is -2.27. The predicted molar refractivity (Wildman–Crippen MR) is 91.7 cm³/mol. The monoisotopic (exact) mass is 358 g/mol. The first-order valence-electron chi connectivity index (χ1n) is 8.68. The predicted octanol–water partition coefficient (Wildman–Crippen LogP) is 1.96. The van der Waals surface area contributed by atoms with Crippen LogP contribution in [0.5, 0.6) is 0 Å². The van der Waals surface area contributed by atoms with E-state index >= 15 is 0 Å². The van der Waals surface area contributed by atoms with Crippen LogP contribution in [0.25, 0.3) is 0 Å². The van der Waals surface area contributed by atoms with E-state index in [0.717, 1.165) is 19.3 Å². The number of hydrogen-bond donors (Lipinski definition) is 2. The van der Waals surface area contributed by atoms with E-state index in [1.165, 1.54) is 5.57 Å². The highest BCUT2D eigenvalue weighted by molar-refractivity contribution is 6.67. The molecule has 0 amide bonds. The van der Waals surface area contributed by atoms with Gasteiger partial charge in [0.25, 0.3) is 0 Å². The molecule has 1 fully saturated rings. The third-order valence-electron chi connectivity index (χ3n) is 5.74. The van der Waals surface area contributed by atoms with Crippen LogP contribution < -0.4 is 0 Å². The van der Waals surface area contributed by atoms with Crippen molar-refractivity contribution in [3.63, 3.8) is 0 Å². The van der Waals surface area contributed by atoms with E-state index in [2.05, 4.69) is 13.0 Å². The lowest BCUT2D eigenvalue weighted by Crippen LogP contribution is -2.44. The van der Waals surface area contributed by atoms with Gasteiger partial charge in [-0.2, -0.15) is 0 Å². The van der Waals surface area contributed by atoms with Gasteiger partial charge in [0, 0.05) is 27.4 Å². The maximum Gasteiger partial charge on any atom is 0.364 e. The largest absolute Gasteiger partial charge is 0.481 e. The molecule has 4 unspecified atom stereocenters. The Hall–Kier alpha value is -0.733. The molecule has 0 spiro atoms. The van der Waals surface area contributed by atoms with Crippen LogP contribution in [0.3, 0.4) is 0 Å². The van der Waals surface area contributed by atoms with Gasteiger partial charge in [-0.25, -0.2) is 0 Å². The van der Waals surface area contributed by atoms with Gasteiger partial charge in [0.1, 0.15) is 0 Å². The highest BCUT2D eigenvalue weighted by Crippen LogP contribution is 2.52. The second kappa shape index (κ2) is 8.58. The van der Waals surface area contributed by atoms with E-state index < -0.39 is 14.5 Å². The number of hydrogen-bond acceptors (Lipinski definition) is 5. The molecule has 0 aromatic heterocycles. The van der Waals surface area contributed by atoms with E-state index in [1.807, 2.05) is 0 Å². The Labute approximate surface area is 145 Å². The van der Waals surface area contributed by atoms with Crippen LogP contribution in [0.2, 0.25) is 6.04 Å². The molecule has 0 saturated heterocycles. The molecule has 2 N–H and O–H groups in total. The molecular weight excluding hydrogens is 328 g/mol. The Morgan fingerprint density at radius 1 is 1.33 bits per heavy atom. The van der Waals surface area contributed by atoms with Crippen LogP contribution in [-0.2, 0) is 18.4 Å². The summed E-state index contributed by atoms with van der Waals surface area (Å²) in [4.78, 5) is 11.5. The standard InChI is InChI=1S/C17H30O6Si/c1-12-9-13-10-15(12)14(16(13)17(19)20)5-7-23-6-4-8-24(11-18,21-2)22-3/h9,13-16,18H,4-8,10-11H2,1-3H3,(H,19,20). The molecule has 2 aliphatic rings. The van der Waals surface area contributed by atoms with Crippen molar-refractivity contribution >= 4 is 14.5 Å². The molecule has 0 heterocycles. The van der Waals surface area contributed by atoms with Crippen LogP contribution in [-0.4, -0.2) is 58.4 Å². The summed E-state index contributed by atoms with van der Waals surface area (Å²) in [7, 11) is 0.688. The van der Waals surface area contributed by atoms with Crippen molar-refractivity contribution in [1.29, 1.82) is 0 Å². The first-order chi connectivity index (χ1) is 11.5. The van der Waals surface area contributed by atoms with E-state index in [1.54, 1.807) is 14.2 Å². The van der Waals surface area contributed by atoms with E-state index in [0.29, 0.717) is 25.2 Å². The first-order valence-corrected chi connectivity index (χ1v) is 10.9. The third-order valence-corrected chi connectivity index (χ3v) is 8.82. The molecule has 0 aliphatic heterocycles. The van der Waals surface area contributed by atoms with E-state index in [9.17, 15) is 15.0 Å². The van der Waals surface area contributed by atoms with Crippen molar-refractivity contribution in [3.05, 3.63) is 11.6 Å². The zero-order chi connectivity index (χ0) is 17.7. The average Bonchev–Trinajstić information content (AvgIpc) is 3.11. The number of rotatable bonds is 11. The molecule has 2 bridgehead atoms. The van der Waals surface area contributed by atoms with Crippen molar-refractivity contribution < 1.29 is 28.6 Å². The topological polar surface area (TPSA) is 85.2 Å². The molecule has 1 saturated carbocycles. The summed E-state index contributed by atoms with van der Waals surface area (Å²) in [5.74, 6) is -0.108. The number of carbonyl (C=O) groups is 1. The molecule has 0 radical (unpaired) electrons. The second-order valence-electron chi connectivity index (χ2n) is 6.93. The molecule has 2 rings (SSSR count). The molecule has 6 nitrogen and oxygen atoms in total. The van der Waals surface area contributed by atoms with Gasteiger partial charge >= 0.3 is 14.5 Å². The number of aliphatic hydroxyl groups is 1. The Morgan fingerprint density at radius 2 is 2.04 bits per heavy atom. The van der Waals surface area contributed by atoms with Gasteiger partial charge in [-0.3, -0.25) is 4.79 Å². The number of carboxylic acid groups (broad SMARTS) is 1. The van der Waals surface area contributed by atoms with Gasteiger partial charge in [0.2, 0.25) is 0 Å². The Kier molecular flexibility index (Phi) is 7.00. The summed E-state index contributed by atoms with van der Waals surface area (Å²) in [5.41, 5.74) is 1.35. The number of carboxylic acids is 1. The minimum atomic E-state index is -2.46. The Balaban J connectivity index is 1.71. The number of ether oxygens (including phenoxy) is 1. The van der Waals surface area contributed by atoms with E-state index in [4.69, 9.17) is 13.6 Å². The van der Waals surface area contributed by atoms with Crippen molar-refractivity contribution in [1.82, 2.24) is 0 Å². The van der Waals surface area contributed by atoms with Crippen LogP contribution in [0.15, 0.2) is 11.6 Å². The summed E-state index contributed by atoms with van der Waals surface area (Å²) >= 11 is 0. The zero-order valence-corrected chi connectivity index (χ0v) is 15.9. The maximum absolute atomic E-state index is 11.5. The number of aliphatic carboxylic acids is 1. The summed E-state index contributed by atoms with van der Waals surface area (Å²) in [6.07, 6.45) is 4.64. The Morgan fingerprint density at radius 3 is 2.62 bits per heavy atom. The van der Waals surface area contributed by atoms with Gasteiger partial charge in [-0.05, 0) is 50.0 Å². The molecule has 7 heteroatoms. The smallest absolute Gasteiger partial charge is 0.364 e. The average molecular weight is 359 g/mol. The van der Waals surface area contributed by atoms with Crippen LogP contribution >= 0.6 is 0 Å². The third kappa shape index (κ3) is 4.08. The highest BCUT2D eigenvalue weighted by atomic mass is 28.4. The number of aliphatic hydroxyl groups excluding tert-OH is 1. The quantitative estimate of drug-likeness (QED) is 0.334. The van der Waals surface area contributed by atoms with Gasteiger partial charge in [-0.15, -0.1) is 0 Å². The number of fused-ring (bicyclic) bond motifs is 2. The van der Waals surface area contributed by atoms with Crippen molar-refractivity contribution in [2.75, 3.05) is 33.7 Å².